The van der Waals surface area contributed by atoms with Crippen LogP contribution in [0.3, 0.4) is 0 Å². The standard InChI is InChI=1S/C13H18FNO2/c1-3-13(17,4-2)9-15-12(16)10-6-5-7-11(14)8-10/h5-8,17H,3-4,9H2,1-2H3,(H,15,16). The lowest BCUT2D eigenvalue weighted by Gasteiger charge is -2.25. The third kappa shape index (κ3) is 3.82. The first-order valence-electron chi connectivity index (χ1n) is 5.77. The number of amides is 1. The first-order chi connectivity index (χ1) is 8.00. The number of halogens is 1. The SMILES string of the molecule is CCC(O)(CC)CNC(=O)c1cccc(F)c1. The molecule has 0 spiro atoms. The summed E-state index contributed by atoms with van der Waals surface area (Å²) in [5, 5.41) is 12.6. The highest BCUT2D eigenvalue weighted by atomic mass is 19.1. The third-order valence-corrected chi connectivity index (χ3v) is 2.98. The number of aliphatic hydroxyl groups is 1. The first-order valence-corrected chi connectivity index (χ1v) is 5.77. The molecule has 1 rings (SSSR count). The predicted molar refractivity (Wildman–Crippen MR) is 64.3 cm³/mol. The molecular weight excluding hydrogens is 221 g/mol. The van der Waals surface area contributed by atoms with Crippen molar-refractivity contribution >= 4 is 5.91 Å². The molecule has 0 unspecified atom stereocenters. The highest BCUT2D eigenvalue weighted by Gasteiger charge is 2.22. The number of nitrogens with one attached hydrogen (secondary N) is 1. The number of carbonyl (C=O) groups excluding carboxylic acids is 1. The van der Waals surface area contributed by atoms with Crippen molar-refractivity contribution in [3.63, 3.8) is 0 Å². The van der Waals surface area contributed by atoms with Gasteiger partial charge in [0.2, 0.25) is 0 Å². The molecule has 0 aromatic heterocycles. The van der Waals surface area contributed by atoms with Gasteiger partial charge in [0.15, 0.2) is 0 Å². The number of carbonyl (C=O) groups is 1. The van der Waals surface area contributed by atoms with E-state index >= 15 is 0 Å². The van der Waals surface area contributed by atoms with E-state index in [-0.39, 0.29) is 18.0 Å². The molecule has 17 heavy (non-hydrogen) atoms. The molecule has 0 aliphatic rings. The number of benzene rings is 1. The fourth-order valence-electron chi connectivity index (χ4n) is 1.48. The Balaban J connectivity index is 2.62. The van der Waals surface area contributed by atoms with E-state index in [9.17, 15) is 14.3 Å². The Morgan fingerprint density at radius 3 is 2.59 bits per heavy atom. The van der Waals surface area contributed by atoms with Crippen molar-refractivity contribution in [3.05, 3.63) is 35.6 Å². The molecule has 2 N–H and O–H groups in total. The predicted octanol–water partition coefficient (Wildman–Crippen LogP) is 2.11. The van der Waals surface area contributed by atoms with Crippen molar-refractivity contribution in [1.82, 2.24) is 5.32 Å². The largest absolute Gasteiger partial charge is 0.388 e. The van der Waals surface area contributed by atoms with Crippen LogP contribution >= 0.6 is 0 Å². The summed E-state index contributed by atoms with van der Waals surface area (Å²) in [5.74, 6) is -0.816. The summed E-state index contributed by atoms with van der Waals surface area (Å²) in [6, 6.07) is 5.48. The highest BCUT2D eigenvalue weighted by Crippen LogP contribution is 2.13. The van der Waals surface area contributed by atoms with Gasteiger partial charge in [-0.15, -0.1) is 0 Å². The molecular formula is C13H18FNO2. The topological polar surface area (TPSA) is 49.3 Å². The maximum atomic E-state index is 12.9. The van der Waals surface area contributed by atoms with Gasteiger partial charge >= 0.3 is 0 Å². The van der Waals surface area contributed by atoms with Crippen LogP contribution < -0.4 is 5.32 Å². The van der Waals surface area contributed by atoms with Gasteiger partial charge in [0.05, 0.1) is 5.60 Å². The minimum atomic E-state index is -0.886. The van der Waals surface area contributed by atoms with Crippen molar-refractivity contribution in [2.75, 3.05) is 6.54 Å². The van der Waals surface area contributed by atoms with Crippen LogP contribution in [0.25, 0.3) is 0 Å². The second-order valence-corrected chi connectivity index (χ2v) is 4.12. The van der Waals surface area contributed by atoms with Gasteiger partial charge in [-0.2, -0.15) is 0 Å². The molecule has 1 amide bonds. The van der Waals surface area contributed by atoms with Gasteiger partial charge in [0.25, 0.3) is 5.91 Å². The molecule has 0 heterocycles. The van der Waals surface area contributed by atoms with Crippen LogP contribution in [0.2, 0.25) is 0 Å². The lowest BCUT2D eigenvalue weighted by atomic mass is 9.97. The molecule has 3 nitrogen and oxygen atoms in total. The van der Waals surface area contributed by atoms with E-state index < -0.39 is 11.4 Å². The minimum absolute atomic E-state index is 0.176. The van der Waals surface area contributed by atoms with Crippen molar-refractivity contribution < 1.29 is 14.3 Å². The summed E-state index contributed by atoms with van der Waals surface area (Å²) in [4.78, 5) is 11.7. The van der Waals surface area contributed by atoms with Crippen LogP contribution in [0.1, 0.15) is 37.0 Å². The Labute approximate surface area is 101 Å². The molecule has 0 aliphatic heterocycles. The van der Waals surface area contributed by atoms with Gasteiger partial charge in [-0.1, -0.05) is 19.9 Å². The van der Waals surface area contributed by atoms with Crippen LogP contribution in [0, 0.1) is 5.82 Å². The Morgan fingerprint density at radius 2 is 2.06 bits per heavy atom. The summed E-state index contributed by atoms with van der Waals surface area (Å²) in [7, 11) is 0. The number of rotatable bonds is 5. The summed E-state index contributed by atoms with van der Waals surface area (Å²) < 4.78 is 12.9. The van der Waals surface area contributed by atoms with E-state index in [2.05, 4.69) is 5.32 Å². The molecule has 0 bridgehead atoms. The van der Waals surface area contributed by atoms with Gasteiger partial charge in [-0.05, 0) is 31.0 Å². The smallest absolute Gasteiger partial charge is 0.251 e. The molecule has 1 aromatic carbocycles. The Bertz CT molecular complexity index is 389. The maximum absolute atomic E-state index is 12.9. The quantitative estimate of drug-likeness (QED) is 0.826. The third-order valence-electron chi connectivity index (χ3n) is 2.98. The zero-order chi connectivity index (χ0) is 12.9. The summed E-state index contributed by atoms with van der Waals surface area (Å²) in [5.41, 5.74) is -0.622. The van der Waals surface area contributed by atoms with Crippen LogP contribution in [0.5, 0.6) is 0 Å². The zero-order valence-corrected chi connectivity index (χ0v) is 10.2. The summed E-state index contributed by atoms with van der Waals surface area (Å²) in [6.07, 6.45) is 1.12. The van der Waals surface area contributed by atoms with Crippen LogP contribution in [-0.2, 0) is 0 Å². The molecule has 0 fully saturated rings. The Hall–Kier alpha value is -1.42. The normalized spacial score (nSPS) is 11.3. The fourth-order valence-corrected chi connectivity index (χ4v) is 1.48. The molecule has 0 saturated carbocycles. The minimum Gasteiger partial charge on any atom is -0.388 e. The van der Waals surface area contributed by atoms with Crippen molar-refractivity contribution in [1.29, 1.82) is 0 Å². The average Bonchev–Trinajstić information content (AvgIpc) is 2.35. The first kappa shape index (κ1) is 13.6. The van der Waals surface area contributed by atoms with Crippen LogP contribution in [0.15, 0.2) is 24.3 Å². The highest BCUT2D eigenvalue weighted by molar-refractivity contribution is 5.94. The summed E-state index contributed by atoms with van der Waals surface area (Å²) >= 11 is 0. The molecule has 1 aromatic rings. The number of hydrogen-bond acceptors (Lipinski definition) is 2. The molecule has 0 atom stereocenters. The van der Waals surface area contributed by atoms with Crippen molar-refractivity contribution in [2.45, 2.75) is 32.3 Å². The molecule has 0 aliphatic carbocycles. The average molecular weight is 239 g/mol. The van der Waals surface area contributed by atoms with Gasteiger partial charge in [-0.3, -0.25) is 4.79 Å². The van der Waals surface area contributed by atoms with E-state index in [4.69, 9.17) is 0 Å². The van der Waals surface area contributed by atoms with E-state index in [1.165, 1.54) is 24.3 Å². The van der Waals surface area contributed by atoms with Gasteiger partial charge in [0, 0.05) is 12.1 Å². The van der Waals surface area contributed by atoms with Crippen molar-refractivity contribution in [2.24, 2.45) is 0 Å². The van der Waals surface area contributed by atoms with E-state index in [1.807, 2.05) is 13.8 Å². The molecule has 0 saturated heterocycles. The monoisotopic (exact) mass is 239 g/mol. The van der Waals surface area contributed by atoms with E-state index in [0.29, 0.717) is 12.8 Å². The second kappa shape index (κ2) is 5.77. The fraction of sp³-hybridized carbons (Fsp3) is 0.462. The molecule has 0 radical (unpaired) electrons. The Morgan fingerprint density at radius 1 is 1.41 bits per heavy atom. The zero-order valence-electron chi connectivity index (χ0n) is 10.2. The Kier molecular flexibility index (Phi) is 4.63. The molecule has 94 valence electrons. The van der Waals surface area contributed by atoms with Crippen LogP contribution in [-0.4, -0.2) is 23.2 Å². The molecule has 4 heteroatoms. The van der Waals surface area contributed by atoms with Crippen molar-refractivity contribution in [3.8, 4) is 0 Å². The number of hydrogen-bond donors (Lipinski definition) is 2. The lowest BCUT2D eigenvalue weighted by molar-refractivity contribution is 0.0314. The summed E-state index contributed by atoms with van der Waals surface area (Å²) in [6.45, 7) is 3.89. The van der Waals surface area contributed by atoms with E-state index in [1.54, 1.807) is 0 Å². The van der Waals surface area contributed by atoms with E-state index in [0.717, 1.165) is 0 Å². The maximum Gasteiger partial charge on any atom is 0.251 e. The van der Waals surface area contributed by atoms with Gasteiger partial charge in [-0.25, -0.2) is 4.39 Å². The lowest BCUT2D eigenvalue weighted by Crippen LogP contribution is -2.42. The van der Waals surface area contributed by atoms with Crippen LogP contribution in [0.4, 0.5) is 4.39 Å². The van der Waals surface area contributed by atoms with Gasteiger partial charge < -0.3 is 10.4 Å². The van der Waals surface area contributed by atoms with Gasteiger partial charge in [0.1, 0.15) is 5.82 Å². The second-order valence-electron chi connectivity index (χ2n) is 4.12.